The van der Waals surface area contributed by atoms with Gasteiger partial charge in [0.25, 0.3) is 0 Å². The quantitative estimate of drug-likeness (QED) is 0.0551. The summed E-state index contributed by atoms with van der Waals surface area (Å²) >= 11 is 0. The average molecular weight is 634 g/mol. The Bertz CT molecular complexity index is 877. The van der Waals surface area contributed by atoms with Gasteiger partial charge in [-0.15, -0.1) is 0 Å². The maximum atomic E-state index is 11.8. The molecule has 0 aliphatic rings. The molecule has 1 aromatic carbocycles. The molecule has 0 aromatic heterocycles. The number of unbranched alkanes of at least 4 members (excludes halogenated alkanes) is 18. The summed E-state index contributed by atoms with van der Waals surface area (Å²) in [4.78, 5) is 0. The second-order valence-corrected chi connectivity index (χ2v) is 13.1. The number of para-hydroxylation sites is 1. The summed E-state index contributed by atoms with van der Waals surface area (Å²) in [5.41, 5.74) is 0. The summed E-state index contributed by atoms with van der Waals surface area (Å²) in [6.07, 6.45) is 23.8. The maximum absolute atomic E-state index is 11.8. The zero-order chi connectivity index (χ0) is 29.1. The Kier molecular flexibility index (Phi) is 34.5. The van der Waals surface area contributed by atoms with E-state index in [1.54, 1.807) is 24.3 Å². The topological polar surface area (TPSA) is 142 Å². The molecular weight excluding hydrogens is 573 g/mol. The van der Waals surface area contributed by atoms with E-state index in [0.717, 1.165) is 25.7 Å². The van der Waals surface area contributed by atoms with Gasteiger partial charge in [0.1, 0.15) is 5.75 Å². The molecule has 1 rings (SSSR count). The number of rotatable bonds is 25. The first kappa shape index (κ1) is 45.2. The first-order valence-corrected chi connectivity index (χ1v) is 18.2. The van der Waals surface area contributed by atoms with E-state index in [1.165, 1.54) is 89.9 Å². The van der Waals surface area contributed by atoms with Gasteiger partial charge >= 0.3 is 50.1 Å². The Morgan fingerprint density at radius 2 is 0.976 bits per heavy atom. The van der Waals surface area contributed by atoms with Crippen LogP contribution >= 0.6 is 0 Å². The van der Waals surface area contributed by atoms with Gasteiger partial charge in [0.2, 0.25) is 0 Å². The molecule has 0 bridgehead atoms. The summed E-state index contributed by atoms with van der Waals surface area (Å²) in [6, 6.07) is 8.70. The summed E-state index contributed by atoms with van der Waals surface area (Å²) in [7, 11) is -7.68. The number of benzene rings is 1. The van der Waals surface area contributed by atoms with Crippen LogP contribution in [0.2, 0.25) is 0 Å². The normalized spacial score (nSPS) is 11.1. The standard InChI is InChI=1S/C18H30O3S.C12H26O4S.H3N.Na.H/c1-2-3-4-5-6-7-8-9-10-14-17-22(19,20)21-18-15-12-11-13-16-18;1-2-3-4-5-6-7-8-9-10-11-12-16-17(13,14)15;;;/h11-13,15-16H,2-10,14,17H2,1H3;2-12H2,1H3,(H,13,14,15);1H3;;/q;;;+1;-1. The van der Waals surface area contributed by atoms with Gasteiger partial charge in [0, 0.05) is 0 Å². The third-order valence-electron chi connectivity index (χ3n) is 6.44. The van der Waals surface area contributed by atoms with Crippen LogP contribution in [0.1, 0.15) is 144 Å². The van der Waals surface area contributed by atoms with Crippen molar-refractivity contribution < 1.29 is 60.7 Å². The van der Waals surface area contributed by atoms with E-state index < -0.39 is 20.5 Å². The van der Waals surface area contributed by atoms with Crippen molar-refractivity contribution in [1.82, 2.24) is 6.15 Å². The molecule has 0 saturated carbocycles. The van der Waals surface area contributed by atoms with E-state index in [2.05, 4.69) is 18.0 Å². The molecule has 240 valence electrons. The van der Waals surface area contributed by atoms with Crippen molar-refractivity contribution in [3.63, 3.8) is 0 Å². The fraction of sp³-hybridized carbons (Fsp3) is 0.800. The van der Waals surface area contributed by atoms with Crippen LogP contribution in [0.3, 0.4) is 0 Å². The molecule has 0 unspecified atom stereocenters. The zero-order valence-electron chi connectivity index (χ0n) is 27.4. The second-order valence-electron chi connectivity index (χ2n) is 10.3. The first-order valence-electron chi connectivity index (χ1n) is 15.3. The maximum Gasteiger partial charge on any atom is 1.00 e. The molecule has 0 aliphatic heterocycles. The Morgan fingerprint density at radius 3 is 1.37 bits per heavy atom. The molecule has 1 aromatic rings. The van der Waals surface area contributed by atoms with Gasteiger partial charge in [-0.3, -0.25) is 4.55 Å². The third-order valence-corrected chi connectivity index (χ3v) is 8.14. The molecule has 41 heavy (non-hydrogen) atoms. The summed E-state index contributed by atoms with van der Waals surface area (Å²) < 4.78 is 61.7. The predicted molar refractivity (Wildman–Crippen MR) is 168 cm³/mol. The molecule has 11 heteroatoms. The fourth-order valence-corrected chi connectivity index (χ4v) is 5.56. The minimum Gasteiger partial charge on any atom is -1.00 e. The van der Waals surface area contributed by atoms with Gasteiger partial charge in [-0.1, -0.05) is 148 Å². The molecule has 0 saturated heterocycles. The van der Waals surface area contributed by atoms with E-state index in [-0.39, 0.29) is 49.5 Å². The predicted octanol–water partition coefficient (Wildman–Crippen LogP) is 6.32. The largest absolute Gasteiger partial charge is 1.00 e. The third kappa shape index (κ3) is 35.9. The SMILES string of the molecule is CCCCCCCCCCCCOS(=O)(=O)O.CCCCCCCCCCCCS(=O)(=O)Oc1ccccc1.N.[H-].[Na+]. The van der Waals surface area contributed by atoms with Crippen LogP contribution in [0.4, 0.5) is 0 Å². The molecule has 8 nitrogen and oxygen atoms in total. The van der Waals surface area contributed by atoms with Crippen molar-refractivity contribution in [2.45, 2.75) is 142 Å². The minimum atomic E-state index is -4.23. The Morgan fingerprint density at radius 1 is 0.610 bits per heavy atom. The van der Waals surface area contributed by atoms with Crippen molar-refractivity contribution in [2.24, 2.45) is 0 Å². The summed E-state index contributed by atoms with van der Waals surface area (Å²) in [5.74, 6) is 0.507. The molecule has 0 fully saturated rings. The van der Waals surface area contributed by atoms with Gasteiger partial charge in [0.15, 0.2) is 0 Å². The minimum absolute atomic E-state index is 0. The number of hydrogen-bond acceptors (Lipinski definition) is 7. The molecule has 4 N–H and O–H groups in total. The van der Waals surface area contributed by atoms with Crippen LogP contribution in [0, 0.1) is 0 Å². The first-order chi connectivity index (χ1) is 18.7. The monoisotopic (exact) mass is 633 g/mol. The Hall–Kier alpha value is -0.200. The van der Waals surface area contributed by atoms with E-state index >= 15 is 0 Å². The van der Waals surface area contributed by atoms with Gasteiger partial charge in [0.05, 0.1) is 12.4 Å². The van der Waals surface area contributed by atoms with E-state index in [1.807, 2.05) is 6.07 Å². The summed E-state index contributed by atoms with van der Waals surface area (Å²) in [6.45, 7) is 4.54. The molecule has 0 spiro atoms. The van der Waals surface area contributed by atoms with Gasteiger partial charge in [-0.25, -0.2) is 4.18 Å². The van der Waals surface area contributed by atoms with Gasteiger partial charge < -0.3 is 11.8 Å². The van der Waals surface area contributed by atoms with Crippen molar-refractivity contribution >= 4 is 20.5 Å². The van der Waals surface area contributed by atoms with Crippen LogP contribution in [-0.4, -0.2) is 33.7 Å². The molecule has 0 radical (unpaired) electrons. The van der Waals surface area contributed by atoms with Crippen LogP contribution in [0.15, 0.2) is 30.3 Å². The van der Waals surface area contributed by atoms with E-state index in [0.29, 0.717) is 18.6 Å². The Labute approximate surface area is 276 Å². The van der Waals surface area contributed by atoms with E-state index in [9.17, 15) is 16.8 Å². The smallest absolute Gasteiger partial charge is 1.00 e. The van der Waals surface area contributed by atoms with Crippen molar-refractivity contribution in [3.05, 3.63) is 30.3 Å². The van der Waals surface area contributed by atoms with E-state index in [4.69, 9.17) is 8.74 Å². The van der Waals surface area contributed by atoms with Crippen LogP contribution < -0.4 is 39.9 Å². The van der Waals surface area contributed by atoms with Crippen LogP contribution in [0.5, 0.6) is 5.75 Å². The van der Waals surface area contributed by atoms with Crippen LogP contribution in [0.25, 0.3) is 0 Å². The molecular formula is C30H60NNaO7S2. The molecule has 0 heterocycles. The van der Waals surface area contributed by atoms with Gasteiger partial charge in [-0.05, 0) is 25.0 Å². The number of hydrogen-bond donors (Lipinski definition) is 2. The second kappa shape index (κ2) is 31.2. The summed E-state index contributed by atoms with van der Waals surface area (Å²) in [5, 5.41) is 0. The van der Waals surface area contributed by atoms with Crippen molar-refractivity contribution in [2.75, 3.05) is 12.4 Å². The van der Waals surface area contributed by atoms with Crippen molar-refractivity contribution in [1.29, 1.82) is 0 Å². The molecule has 0 amide bonds. The zero-order valence-corrected chi connectivity index (χ0v) is 30.0. The fourth-order valence-electron chi connectivity index (χ4n) is 4.18. The molecule has 0 aliphatic carbocycles. The Balaban J connectivity index is -0.000000331. The average Bonchev–Trinajstić information content (AvgIpc) is 2.88. The van der Waals surface area contributed by atoms with Gasteiger partial charge in [-0.2, -0.15) is 16.8 Å². The van der Waals surface area contributed by atoms with Crippen molar-refractivity contribution in [3.8, 4) is 5.75 Å². The van der Waals surface area contributed by atoms with Crippen LogP contribution in [-0.2, 0) is 24.7 Å². The molecule has 0 atom stereocenters.